The van der Waals surface area contributed by atoms with Gasteiger partial charge < -0.3 is 19.2 Å². The maximum Gasteiger partial charge on any atom is 0.291 e. The van der Waals surface area contributed by atoms with Gasteiger partial charge in [-0.2, -0.15) is 0 Å². The number of benzene rings is 2. The third-order valence-electron chi connectivity index (χ3n) is 3.57. The summed E-state index contributed by atoms with van der Waals surface area (Å²) in [6, 6.07) is 14.0. The Labute approximate surface area is 160 Å². The minimum Gasteiger partial charge on any atom is -0.494 e. The molecule has 0 radical (unpaired) electrons. The first-order chi connectivity index (χ1) is 13.0. The zero-order valence-corrected chi connectivity index (χ0v) is 15.3. The van der Waals surface area contributed by atoms with Crippen molar-refractivity contribution in [1.29, 1.82) is 0 Å². The number of anilines is 1. The molecule has 0 aliphatic rings. The molecule has 27 heavy (non-hydrogen) atoms. The smallest absolute Gasteiger partial charge is 0.291 e. The number of carbonyl (C=O) groups excluding carboxylic acids is 1. The highest BCUT2D eigenvalue weighted by Gasteiger charge is 2.13. The van der Waals surface area contributed by atoms with Crippen LogP contribution in [0.15, 0.2) is 59.0 Å². The van der Waals surface area contributed by atoms with E-state index < -0.39 is 5.82 Å². The zero-order chi connectivity index (χ0) is 19.2. The maximum absolute atomic E-state index is 13.0. The van der Waals surface area contributed by atoms with Gasteiger partial charge in [0.1, 0.15) is 29.7 Å². The molecule has 1 amide bonds. The average Bonchev–Trinajstić information content (AvgIpc) is 3.12. The summed E-state index contributed by atoms with van der Waals surface area (Å²) in [5.41, 5.74) is 0.621. The maximum atomic E-state index is 13.0. The van der Waals surface area contributed by atoms with Gasteiger partial charge in [-0.25, -0.2) is 4.39 Å². The van der Waals surface area contributed by atoms with Crippen molar-refractivity contribution in [2.45, 2.75) is 13.5 Å². The van der Waals surface area contributed by atoms with Crippen molar-refractivity contribution in [2.75, 3.05) is 11.9 Å². The van der Waals surface area contributed by atoms with Crippen LogP contribution < -0.4 is 14.8 Å². The van der Waals surface area contributed by atoms with Gasteiger partial charge in [0.05, 0.1) is 11.6 Å². The Morgan fingerprint density at radius 3 is 2.59 bits per heavy atom. The van der Waals surface area contributed by atoms with Crippen LogP contribution >= 0.6 is 11.6 Å². The number of hydrogen-bond acceptors (Lipinski definition) is 4. The summed E-state index contributed by atoms with van der Waals surface area (Å²) < 4.78 is 29.4. The molecule has 0 fully saturated rings. The fraction of sp³-hybridized carbons (Fsp3) is 0.150. The Morgan fingerprint density at radius 2 is 1.89 bits per heavy atom. The lowest BCUT2D eigenvalue weighted by Gasteiger charge is -2.07. The molecular weight excluding hydrogens is 373 g/mol. The number of rotatable bonds is 7. The van der Waals surface area contributed by atoms with Crippen LogP contribution in [0, 0.1) is 5.82 Å². The van der Waals surface area contributed by atoms with E-state index >= 15 is 0 Å². The average molecular weight is 390 g/mol. The highest BCUT2D eigenvalue weighted by atomic mass is 35.5. The van der Waals surface area contributed by atoms with E-state index in [4.69, 9.17) is 25.5 Å². The summed E-state index contributed by atoms with van der Waals surface area (Å²) in [5, 5.41) is 2.90. The van der Waals surface area contributed by atoms with Gasteiger partial charge in [-0.05, 0) is 61.5 Å². The van der Waals surface area contributed by atoms with Crippen molar-refractivity contribution >= 4 is 23.2 Å². The highest BCUT2D eigenvalue weighted by molar-refractivity contribution is 6.32. The molecule has 7 heteroatoms. The van der Waals surface area contributed by atoms with Gasteiger partial charge in [-0.1, -0.05) is 11.6 Å². The molecule has 0 saturated heterocycles. The second kappa shape index (κ2) is 8.60. The summed E-state index contributed by atoms with van der Waals surface area (Å²) >= 11 is 5.90. The lowest BCUT2D eigenvalue weighted by Crippen LogP contribution is -2.10. The molecule has 5 nitrogen and oxygen atoms in total. The number of carbonyl (C=O) groups is 1. The minimum atomic E-state index is -0.446. The van der Waals surface area contributed by atoms with Gasteiger partial charge in [0.25, 0.3) is 5.91 Å². The fourth-order valence-electron chi connectivity index (χ4n) is 2.31. The van der Waals surface area contributed by atoms with E-state index in [1.807, 2.05) is 6.92 Å². The molecular formula is C20H17ClFNO4. The summed E-state index contributed by atoms with van der Waals surface area (Å²) in [5.74, 6) is 0.811. The summed E-state index contributed by atoms with van der Waals surface area (Å²) in [4.78, 5) is 12.3. The number of amides is 1. The Kier molecular flexibility index (Phi) is 5.98. The minimum absolute atomic E-state index is 0.0572. The van der Waals surface area contributed by atoms with E-state index in [1.165, 1.54) is 12.1 Å². The zero-order valence-electron chi connectivity index (χ0n) is 14.5. The predicted octanol–water partition coefficient (Wildman–Crippen LogP) is 5.30. The summed E-state index contributed by atoms with van der Waals surface area (Å²) in [6.07, 6.45) is 0. The molecule has 0 atom stereocenters. The number of nitrogens with one attached hydrogen (secondary N) is 1. The van der Waals surface area contributed by atoms with Gasteiger partial charge in [0.2, 0.25) is 0 Å². The largest absolute Gasteiger partial charge is 0.494 e. The molecule has 0 unspecified atom stereocenters. The van der Waals surface area contributed by atoms with Crippen LogP contribution in [0.4, 0.5) is 10.1 Å². The first-order valence-electron chi connectivity index (χ1n) is 8.26. The molecule has 140 valence electrons. The van der Waals surface area contributed by atoms with Crippen LogP contribution in [0.3, 0.4) is 0 Å². The molecule has 0 aliphatic carbocycles. The van der Waals surface area contributed by atoms with Crippen LogP contribution in [-0.4, -0.2) is 12.5 Å². The Balaban J connectivity index is 1.58. The lowest BCUT2D eigenvalue weighted by atomic mass is 10.3. The Hall–Kier alpha value is -2.99. The first-order valence-corrected chi connectivity index (χ1v) is 8.63. The fourth-order valence-corrected chi connectivity index (χ4v) is 2.53. The molecule has 1 heterocycles. The first kappa shape index (κ1) is 18.8. The molecule has 0 saturated carbocycles. The SMILES string of the molecule is CCOc1ccc(NC(=O)c2ccc(COc3ccc(F)cc3Cl)o2)cc1. The normalized spacial score (nSPS) is 10.5. The van der Waals surface area contributed by atoms with E-state index in [0.717, 1.165) is 11.8 Å². The van der Waals surface area contributed by atoms with Crippen molar-refractivity contribution in [3.05, 3.63) is 77.0 Å². The number of ether oxygens (including phenoxy) is 2. The van der Waals surface area contributed by atoms with E-state index in [1.54, 1.807) is 36.4 Å². The van der Waals surface area contributed by atoms with E-state index in [9.17, 15) is 9.18 Å². The van der Waals surface area contributed by atoms with Gasteiger partial charge >= 0.3 is 0 Å². The van der Waals surface area contributed by atoms with Gasteiger partial charge in [0.15, 0.2) is 5.76 Å². The van der Waals surface area contributed by atoms with Crippen molar-refractivity contribution in [3.63, 3.8) is 0 Å². The van der Waals surface area contributed by atoms with Crippen molar-refractivity contribution in [2.24, 2.45) is 0 Å². The van der Waals surface area contributed by atoms with Gasteiger partial charge in [-0.15, -0.1) is 0 Å². The second-order valence-electron chi connectivity index (χ2n) is 5.54. The van der Waals surface area contributed by atoms with Gasteiger partial charge in [-0.3, -0.25) is 4.79 Å². The molecule has 1 aromatic heterocycles. The van der Waals surface area contributed by atoms with Crippen LogP contribution in [0.25, 0.3) is 0 Å². The molecule has 0 bridgehead atoms. The third-order valence-corrected chi connectivity index (χ3v) is 3.87. The third kappa shape index (κ3) is 5.01. The summed E-state index contributed by atoms with van der Waals surface area (Å²) in [7, 11) is 0. The van der Waals surface area contributed by atoms with E-state index in [2.05, 4.69) is 5.32 Å². The molecule has 2 aromatic carbocycles. The number of hydrogen-bond donors (Lipinski definition) is 1. The topological polar surface area (TPSA) is 60.7 Å². The number of furan rings is 1. The van der Waals surface area contributed by atoms with E-state index in [0.29, 0.717) is 23.8 Å². The van der Waals surface area contributed by atoms with Crippen molar-refractivity contribution in [1.82, 2.24) is 0 Å². The molecule has 3 aromatic rings. The standard InChI is InChI=1S/C20H17ClFNO4/c1-2-25-15-6-4-14(5-7-15)23-20(24)19-10-8-16(27-19)12-26-18-9-3-13(22)11-17(18)21/h3-11H,2,12H2,1H3,(H,23,24). The molecule has 1 N–H and O–H groups in total. The summed E-state index contributed by atoms with van der Waals surface area (Å²) in [6.45, 7) is 2.53. The quantitative estimate of drug-likeness (QED) is 0.595. The van der Waals surface area contributed by atoms with Gasteiger partial charge in [0, 0.05) is 5.69 Å². The molecule has 3 rings (SSSR count). The van der Waals surface area contributed by atoms with Crippen LogP contribution in [0.5, 0.6) is 11.5 Å². The Morgan fingerprint density at radius 1 is 1.11 bits per heavy atom. The van der Waals surface area contributed by atoms with Crippen LogP contribution in [-0.2, 0) is 6.61 Å². The predicted molar refractivity (Wildman–Crippen MR) is 100 cm³/mol. The van der Waals surface area contributed by atoms with E-state index in [-0.39, 0.29) is 23.3 Å². The van der Waals surface area contributed by atoms with Crippen LogP contribution in [0.2, 0.25) is 5.02 Å². The highest BCUT2D eigenvalue weighted by Crippen LogP contribution is 2.26. The second-order valence-corrected chi connectivity index (χ2v) is 5.95. The van der Waals surface area contributed by atoms with Crippen molar-refractivity contribution in [3.8, 4) is 11.5 Å². The van der Waals surface area contributed by atoms with Crippen molar-refractivity contribution < 1.29 is 23.1 Å². The Bertz CT molecular complexity index is 924. The molecule has 0 spiro atoms. The number of halogens is 2. The monoisotopic (exact) mass is 389 g/mol. The molecule has 0 aliphatic heterocycles. The lowest BCUT2D eigenvalue weighted by molar-refractivity contribution is 0.0992. The van der Waals surface area contributed by atoms with Crippen LogP contribution in [0.1, 0.15) is 23.2 Å².